The van der Waals surface area contributed by atoms with E-state index in [0.717, 1.165) is 6.20 Å². The van der Waals surface area contributed by atoms with Gasteiger partial charge in [-0.05, 0) is 6.42 Å². The van der Waals surface area contributed by atoms with Gasteiger partial charge < -0.3 is 10.5 Å². The van der Waals surface area contributed by atoms with Gasteiger partial charge in [0.2, 0.25) is 0 Å². The van der Waals surface area contributed by atoms with Crippen molar-refractivity contribution in [3.8, 4) is 0 Å². The summed E-state index contributed by atoms with van der Waals surface area (Å²) in [6.45, 7) is 2.27. The van der Waals surface area contributed by atoms with Crippen LogP contribution in [0.2, 0.25) is 0 Å². The molecule has 0 bridgehead atoms. The lowest BCUT2D eigenvalue weighted by Gasteiger charge is -2.28. The molecule has 20 heavy (non-hydrogen) atoms. The van der Waals surface area contributed by atoms with Crippen LogP contribution in [0.4, 0.5) is 19.0 Å². The zero-order valence-corrected chi connectivity index (χ0v) is 11.1. The Balaban J connectivity index is 2.45. The van der Waals surface area contributed by atoms with Crippen molar-refractivity contribution in [2.45, 2.75) is 38.3 Å². The van der Waals surface area contributed by atoms with Gasteiger partial charge in [0.15, 0.2) is 24.0 Å². The van der Waals surface area contributed by atoms with Gasteiger partial charge >= 0.3 is 5.69 Å². The molecule has 112 valence electrons. The van der Waals surface area contributed by atoms with Crippen LogP contribution in [0.15, 0.2) is 11.0 Å². The Labute approximate surface area is 113 Å². The first-order chi connectivity index (χ1) is 9.36. The second-order valence-electron chi connectivity index (χ2n) is 4.96. The highest BCUT2D eigenvalue weighted by Crippen LogP contribution is 2.45. The van der Waals surface area contributed by atoms with E-state index < -0.39 is 47.9 Å². The van der Waals surface area contributed by atoms with Crippen LogP contribution >= 0.6 is 0 Å². The number of aromatic nitrogens is 2. The van der Waals surface area contributed by atoms with E-state index in [4.69, 9.17) is 10.5 Å². The summed E-state index contributed by atoms with van der Waals surface area (Å²) in [5.41, 5.74) is 2.91. The molecule has 1 aliphatic heterocycles. The SMILES string of the molecule is CC[C@@]1(CF)O[C@@H](n2cc(F)c(N)nc2=O)[C@@H](F)[C@@H]1C. The number of hydrogen-bond donors (Lipinski definition) is 1. The summed E-state index contributed by atoms with van der Waals surface area (Å²) >= 11 is 0. The summed E-state index contributed by atoms with van der Waals surface area (Å²) in [7, 11) is 0. The number of anilines is 1. The quantitative estimate of drug-likeness (QED) is 0.918. The standard InChI is InChI=1S/C12H16F3N3O2/c1-3-12(5-13)6(2)8(15)10(20-12)18-4-7(14)9(16)17-11(18)19/h4,6,8,10H,3,5H2,1-2H3,(H2,16,17,19)/t6-,8-,10+,12-/m0/s1. The first kappa shape index (κ1) is 14.8. The lowest BCUT2D eigenvalue weighted by molar-refractivity contribution is -0.102. The molecule has 1 saturated heterocycles. The summed E-state index contributed by atoms with van der Waals surface area (Å²) in [4.78, 5) is 14.9. The maximum atomic E-state index is 14.3. The van der Waals surface area contributed by atoms with E-state index >= 15 is 0 Å². The molecule has 0 radical (unpaired) electrons. The predicted molar refractivity (Wildman–Crippen MR) is 66.0 cm³/mol. The minimum absolute atomic E-state index is 0.237. The zero-order chi connectivity index (χ0) is 15.1. The summed E-state index contributed by atoms with van der Waals surface area (Å²) in [5.74, 6) is -2.29. The van der Waals surface area contributed by atoms with Crippen molar-refractivity contribution >= 4 is 5.82 Å². The van der Waals surface area contributed by atoms with Gasteiger partial charge in [-0.1, -0.05) is 13.8 Å². The van der Waals surface area contributed by atoms with E-state index in [-0.39, 0.29) is 6.42 Å². The van der Waals surface area contributed by atoms with Crippen LogP contribution in [0.3, 0.4) is 0 Å². The minimum atomic E-state index is -1.65. The van der Waals surface area contributed by atoms with E-state index in [9.17, 15) is 18.0 Å². The largest absolute Gasteiger partial charge is 0.381 e. The molecule has 5 nitrogen and oxygen atoms in total. The fraction of sp³-hybridized carbons (Fsp3) is 0.667. The van der Waals surface area contributed by atoms with E-state index in [1.165, 1.54) is 6.92 Å². The van der Waals surface area contributed by atoms with Crippen LogP contribution in [0, 0.1) is 11.7 Å². The molecule has 1 fully saturated rings. The Bertz CT molecular complexity index is 559. The molecular formula is C12H16F3N3O2. The molecule has 8 heteroatoms. The molecule has 0 unspecified atom stereocenters. The third kappa shape index (κ3) is 2.07. The summed E-state index contributed by atoms with van der Waals surface area (Å²) in [6.07, 6.45) is -2.08. The van der Waals surface area contributed by atoms with Crippen LogP contribution in [0.25, 0.3) is 0 Å². The highest BCUT2D eigenvalue weighted by molar-refractivity contribution is 5.26. The molecule has 0 spiro atoms. The van der Waals surface area contributed by atoms with Crippen LogP contribution in [-0.4, -0.2) is 28.0 Å². The Morgan fingerprint density at radius 1 is 1.60 bits per heavy atom. The van der Waals surface area contributed by atoms with Gasteiger partial charge in [-0.3, -0.25) is 4.57 Å². The third-order valence-electron chi connectivity index (χ3n) is 3.97. The van der Waals surface area contributed by atoms with Crippen molar-refractivity contribution < 1.29 is 17.9 Å². The van der Waals surface area contributed by atoms with E-state index in [2.05, 4.69) is 4.98 Å². The number of nitrogens with two attached hydrogens (primary N) is 1. The molecule has 1 aromatic rings. The van der Waals surface area contributed by atoms with Gasteiger partial charge in [-0.25, -0.2) is 18.0 Å². The predicted octanol–water partition coefficient (Wildman–Crippen LogP) is 1.59. The van der Waals surface area contributed by atoms with Crippen LogP contribution < -0.4 is 11.4 Å². The molecule has 2 N–H and O–H groups in total. The fourth-order valence-corrected chi connectivity index (χ4v) is 2.45. The molecule has 1 aliphatic rings. The number of ether oxygens (including phenoxy) is 1. The summed E-state index contributed by atoms with van der Waals surface area (Å²) in [5, 5.41) is 0. The molecule has 0 aliphatic carbocycles. The monoisotopic (exact) mass is 291 g/mol. The molecule has 1 aromatic heterocycles. The molecule has 0 aromatic carbocycles. The zero-order valence-electron chi connectivity index (χ0n) is 11.1. The van der Waals surface area contributed by atoms with Crippen molar-refractivity contribution in [1.82, 2.24) is 9.55 Å². The van der Waals surface area contributed by atoms with Crippen molar-refractivity contribution in [2.24, 2.45) is 5.92 Å². The molecule has 0 saturated carbocycles. The topological polar surface area (TPSA) is 70.1 Å². The smallest absolute Gasteiger partial charge is 0.351 e. The fourth-order valence-electron chi connectivity index (χ4n) is 2.45. The molecular weight excluding hydrogens is 275 g/mol. The average molecular weight is 291 g/mol. The Hall–Kier alpha value is -1.57. The van der Waals surface area contributed by atoms with E-state index in [0.29, 0.717) is 4.57 Å². The van der Waals surface area contributed by atoms with Gasteiger partial charge in [0, 0.05) is 5.92 Å². The van der Waals surface area contributed by atoms with Gasteiger partial charge in [-0.15, -0.1) is 0 Å². The second kappa shape index (κ2) is 5.08. The maximum absolute atomic E-state index is 14.3. The lowest BCUT2D eigenvalue weighted by Crippen LogP contribution is -2.37. The highest BCUT2D eigenvalue weighted by Gasteiger charge is 2.53. The van der Waals surface area contributed by atoms with Crippen LogP contribution in [0.5, 0.6) is 0 Å². The summed E-state index contributed by atoms with van der Waals surface area (Å²) < 4.78 is 47.0. The number of rotatable bonds is 3. The number of nitrogen functional groups attached to an aromatic ring is 1. The lowest BCUT2D eigenvalue weighted by atomic mass is 9.86. The number of alkyl halides is 2. The maximum Gasteiger partial charge on any atom is 0.351 e. The van der Waals surface area contributed by atoms with Crippen LogP contribution in [0.1, 0.15) is 26.5 Å². The molecule has 2 heterocycles. The molecule has 0 amide bonds. The second-order valence-corrected chi connectivity index (χ2v) is 4.96. The van der Waals surface area contributed by atoms with Crippen molar-refractivity contribution in [1.29, 1.82) is 0 Å². The Kier molecular flexibility index (Phi) is 3.77. The third-order valence-corrected chi connectivity index (χ3v) is 3.97. The van der Waals surface area contributed by atoms with Crippen molar-refractivity contribution in [2.75, 3.05) is 12.4 Å². The average Bonchev–Trinajstić information content (AvgIpc) is 2.68. The van der Waals surface area contributed by atoms with Gasteiger partial charge in [0.1, 0.15) is 12.3 Å². The highest BCUT2D eigenvalue weighted by atomic mass is 19.1. The van der Waals surface area contributed by atoms with E-state index in [1.807, 2.05) is 0 Å². The first-order valence-electron chi connectivity index (χ1n) is 6.28. The Morgan fingerprint density at radius 2 is 2.25 bits per heavy atom. The number of hydrogen-bond acceptors (Lipinski definition) is 4. The van der Waals surface area contributed by atoms with Crippen molar-refractivity contribution in [3.63, 3.8) is 0 Å². The number of nitrogens with zero attached hydrogens (tertiary/aromatic N) is 2. The first-order valence-corrected chi connectivity index (χ1v) is 6.28. The van der Waals surface area contributed by atoms with E-state index in [1.54, 1.807) is 6.92 Å². The normalized spacial score (nSPS) is 33.5. The minimum Gasteiger partial charge on any atom is -0.381 e. The Morgan fingerprint density at radius 3 is 2.75 bits per heavy atom. The van der Waals surface area contributed by atoms with Gasteiger partial charge in [0.05, 0.1) is 6.20 Å². The molecule has 4 atom stereocenters. The van der Waals surface area contributed by atoms with Crippen LogP contribution in [-0.2, 0) is 4.74 Å². The van der Waals surface area contributed by atoms with Crippen molar-refractivity contribution in [3.05, 3.63) is 22.5 Å². The van der Waals surface area contributed by atoms with Gasteiger partial charge in [0.25, 0.3) is 0 Å². The number of halogens is 3. The summed E-state index contributed by atoms with van der Waals surface area (Å²) in [6, 6.07) is 0. The molecule has 2 rings (SSSR count). The van der Waals surface area contributed by atoms with Gasteiger partial charge in [-0.2, -0.15) is 4.98 Å².